The van der Waals surface area contributed by atoms with Crippen LogP contribution < -0.4 is 5.43 Å². The Morgan fingerprint density at radius 1 is 1.22 bits per heavy atom. The Morgan fingerprint density at radius 3 is 2.78 bits per heavy atom. The number of hydrogen-bond donors (Lipinski definition) is 2. The van der Waals surface area contributed by atoms with E-state index in [2.05, 4.69) is 25.7 Å². The zero-order chi connectivity index (χ0) is 16.1. The van der Waals surface area contributed by atoms with Crippen LogP contribution in [0.1, 0.15) is 16.1 Å². The van der Waals surface area contributed by atoms with Crippen molar-refractivity contribution in [3.05, 3.63) is 71.1 Å². The first kappa shape index (κ1) is 14.9. The molecule has 0 aliphatic carbocycles. The van der Waals surface area contributed by atoms with E-state index < -0.39 is 0 Å². The number of rotatable bonds is 4. The maximum absolute atomic E-state index is 12.0. The van der Waals surface area contributed by atoms with E-state index in [1.165, 1.54) is 6.21 Å². The number of aromatic amines is 1. The second-order valence-electron chi connectivity index (χ2n) is 4.63. The van der Waals surface area contributed by atoms with Crippen LogP contribution in [0.15, 0.2) is 60.0 Å². The predicted octanol–water partition coefficient (Wildman–Crippen LogP) is 2.89. The number of hydrogen-bond acceptors (Lipinski definition) is 4. The molecule has 0 spiro atoms. The van der Waals surface area contributed by atoms with Crippen molar-refractivity contribution in [1.29, 1.82) is 0 Å². The highest BCUT2D eigenvalue weighted by atomic mass is 35.5. The average molecular weight is 326 g/mol. The molecule has 0 fully saturated rings. The van der Waals surface area contributed by atoms with E-state index in [4.69, 9.17) is 11.6 Å². The Labute approximate surface area is 137 Å². The van der Waals surface area contributed by atoms with E-state index in [-0.39, 0.29) is 5.91 Å². The molecular formula is C16H12ClN5O. The van der Waals surface area contributed by atoms with Gasteiger partial charge in [0.05, 0.1) is 16.9 Å². The molecule has 1 aromatic carbocycles. The zero-order valence-corrected chi connectivity index (χ0v) is 12.7. The number of nitrogens with one attached hydrogen (secondary N) is 2. The third-order valence-electron chi connectivity index (χ3n) is 3.06. The standard InChI is InChI=1S/C16H12ClN5O/c17-13-4-2-1-3-12(13)14-9-15(21-20-14)16(23)22-19-10-11-5-7-18-8-6-11/h1-10H,(H,20,21)(H,22,23). The van der Waals surface area contributed by atoms with Gasteiger partial charge in [0, 0.05) is 18.0 Å². The molecule has 0 atom stereocenters. The van der Waals surface area contributed by atoms with Crippen LogP contribution in [0.2, 0.25) is 5.02 Å². The van der Waals surface area contributed by atoms with Crippen LogP contribution in [0.5, 0.6) is 0 Å². The molecule has 23 heavy (non-hydrogen) atoms. The van der Waals surface area contributed by atoms with E-state index in [1.807, 2.05) is 18.2 Å². The molecule has 2 heterocycles. The van der Waals surface area contributed by atoms with E-state index in [1.54, 1.807) is 36.7 Å². The Kier molecular flexibility index (Phi) is 4.44. The normalized spacial score (nSPS) is 10.8. The number of benzene rings is 1. The number of nitrogens with zero attached hydrogens (tertiary/aromatic N) is 3. The van der Waals surface area contributed by atoms with Crippen LogP contribution in [-0.2, 0) is 0 Å². The second kappa shape index (κ2) is 6.85. The molecule has 0 saturated heterocycles. The molecule has 114 valence electrons. The summed E-state index contributed by atoms with van der Waals surface area (Å²) < 4.78 is 0. The van der Waals surface area contributed by atoms with Crippen molar-refractivity contribution in [2.75, 3.05) is 0 Å². The van der Waals surface area contributed by atoms with Crippen molar-refractivity contribution in [2.24, 2.45) is 5.10 Å². The van der Waals surface area contributed by atoms with E-state index >= 15 is 0 Å². The summed E-state index contributed by atoms with van der Waals surface area (Å²) in [6.45, 7) is 0. The first-order chi connectivity index (χ1) is 11.2. The topological polar surface area (TPSA) is 83.0 Å². The summed E-state index contributed by atoms with van der Waals surface area (Å²) in [6.07, 6.45) is 4.83. The molecule has 0 unspecified atom stereocenters. The van der Waals surface area contributed by atoms with Gasteiger partial charge in [-0.25, -0.2) is 5.43 Å². The van der Waals surface area contributed by atoms with Gasteiger partial charge >= 0.3 is 0 Å². The van der Waals surface area contributed by atoms with Gasteiger partial charge in [0.1, 0.15) is 5.69 Å². The Balaban J connectivity index is 1.70. The number of carbonyl (C=O) groups excluding carboxylic acids is 1. The van der Waals surface area contributed by atoms with Gasteiger partial charge in [0.15, 0.2) is 0 Å². The average Bonchev–Trinajstić information content (AvgIpc) is 3.06. The summed E-state index contributed by atoms with van der Waals surface area (Å²) in [5, 5.41) is 11.2. The van der Waals surface area contributed by atoms with Crippen LogP contribution in [0.3, 0.4) is 0 Å². The summed E-state index contributed by atoms with van der Waals surface area (Å²) in [5.74, 6) is -0.388. The minimum absolute atomic E-state index is 0.298. The van der Waals surface area contributed by atoms with Gasteiger partial charge in [-0.1, -0.05) is 29.8 Å². The number of halogens is 1. The number of hydrazone groups is 1. The molecule has 3 rings (SSSR count). The third kappa shape index (κ3) is 3.61. The quantitative estimate of drug-likeness (QED) is 0.571. The van der Waals surface area contributed by atoms with Crippen molar-refractivity contribution in [3.63, 3.8) is 0 Å². The molecule has 2 aromatic heterocycles. The minimum Gasteiger partial charge on any atom is -0.272 e. The second-order valence-corrected chi connectivity index (χ2v) is 5.03. The molecule has 0 aliphatic heterocycles. The van der Waals surface area contributed by atoms with Crippen molar-refractivity contribution in [2.45, 2.75) is 0 Å². The van der Waals surface area contributed by atoms with E-state index in [0.29, 0.717) is 16.4 Å². The SMILES string of the molecule is O=C(NN=Cc1ccncc1)c1cc(-c2ccccc2Cl)n[nH]1. The summed E-state index contributed by atoms with van der Waals surface area (Å²) in [6, 6.07) is 12.5. The lowest BCUT2D eigenvalue weighted by atomic mass is 10.1. The molecule has 0 bridgehead atoms. The maximum atomic E-state index is 12.0. The maximum Gasteiger partial charge on any atom is 0.289 e. The molecule has 2 N–H and O–H groups in total. The first-order valence-electron chi connectivity index (χ1n) is 6.78. The molecule has 3 aromatic rings. The van der Waals surface area contributed by atoms with Crippen LogP contribution in [0, 0.1) is 0 Å². The lowest BCUT2D eigenvalue weighted by Gasteiger charge is -1.98. The monoisotopic (exact) mass is 325 g/mol. The molecule has 0 aliphatic rings. The highest BCUT2D eigenvalue weighted by Gasteiger charge is 2.11. The van der Waals surface area contributed by atoms with Crippen LogP contribution in [0.4, 0.5) is 0 Å². The molecule has 0 saturated carbocycles. The number of H-pyrrole nitrogens is 1. The number of pyridine rings is 1. The predicted molar refractivity (Wildman–Crippen MR) is 88.3 cm³/mol. The largest absolute Gasteiger partial charge is 0.289 e. The summed E-state index contributed by atoms with van der Waals surface area (Å²) in [7, 11) is 0. The Hall–Kier alpha value is -2.99. The minimum atomic E-state index is -0.388. The van der Waals surface area contributed by atoms with Gasteiger partial charge in [0.25, 0.3) is 5.91 Å². The molecule has 0 radical (unpaired) electrons. The lowest BCUT2D eigenvalue weighted by molar-refractivity contribution is 0.0950. The third-order valence-corrected chi connectivity index (χ3v) is 3.39. The zero-order valence-electron chi connectivity index (χ0n) is 11.9. The van der Waals surface area contributed by atoms with Crippen LogP contribution >= 0.6 is 11.6 Å². The van der Waals surface area contributed by atoms with Crippen molar-refractivity contribution >= 4 is 23.7 Å². The van der Waals surface area contributed by atoms with E-state index in [9.17, 15) is 4.79 Å². The Morgan fingerprint density at radius 2 is 2.00 bits per heavy atom. The number of aromatic nitrogens is 3. The number of carbonyl (C=O) groups is 1. The van der Waals surface area contributed by atoms with E-state index in [0.717, 1.165) is 11.1 Å². The first-order valence-corrected chi connectivity index (χ1v) is 7.15. The smallest absolute Gasteiger partial charge is 0.272 e. The fourth-order valence-electron chi connectivity index (χ4n) is 1.92. The fraction of sp³-hybridized carbons (Fsp3) is 0. The molecule has 7 heteroatoms. The summed E-state index contributed by atoms with van der Waals surface area (Å²) >= 11 is 6.12. The van der Waals surface area contributed by atoms with Crippen molar-refractivity contribution in [3.8, 4) is 11.3 Å². The van der Waals surface area contributed by atoms with Gasteiger partial charge in [-0.15, -0.1) is 0 Å². The molecule has 1 amide bonds. The van der Waals surface area contributed by atoms with Gasteiger partial charge in [-0.2, -0.15) is 10.2 Å². The lowest BCUT2D eigenvalue weighted by Crippen LogP contribution is -2.17. The summed E-state index contributed by atoms with van der Waals surface area (Å²) in [5.41, 5.74) is 4.92. The van der Waals surface area contributed by atoms with Gasteiger partial charge in [-0.05, 0) is 29.8 Å². The molecule has 6 nitrogen and oxygen atoms in total. The highest BCUT2D eigenvalue weighted by Crippen LogP contribution is 2.26. The Bertz CT molecular complexity index is 844. The van der Waals surface area contributed by atoms with Crippen molar-refractivity contribution < 1.29 is 4.79 Å². The van der Waals surface area contributed by atoms with Crippen LogP contribution in [-0.4, -0.2) is 27.3 Å². The van der Waals surface area contributed by atoms with Gasteiger partial charge < -0.3 is 0 Å². The van der Waals surface area contributed by atoms with Crippen molar-refractivity contribution in [1.82, 2.24) is 20.6 Å². The highest BCUT2D eigenvalue weighted by molar-refractivity contribution is 6.33. The molecular weight excluding hydrogens is 314 g/mol. The van der Waals surface area contributed by atoms with Gasteiger partial charge in [0.2, 0.25) is 0 Å². The van der Waals surface area contributed by atoms with Crippen LogP contribution in [0.25, 0.3) is 11.3 Å². The summed E-state index contributed by atoms with van der Waals surface area (Å²) in [4.78, 5) is 15.9. The van der Waals surface area contributed by atoms with Gasteiger partial charge in [-0.3, -0.25) is 14.9 Å². The number of amides is 1. The fourth-order valence-corrected chi connectivity index (χ4v) is 2.15.